The first kappa shape index (κ1) is 19.2. The topological polar surface area (TPSA) is 76.1 Å². The first-order chi connectivity index (χ1) is 13.2. The predicted molar refractivity (Wildman–Crippen MR) is 110 cm³/mol. The number of benzene rings is 2. The molecule has 2 aromatic carbocycles. The molecule has 1 heterocycles. The lowest BCUT2D eigenvalue weighted by Gasteiger charge is -2.12. The zero-order chi connectivity index (χ0) is 19.1. The van der Waals surface area contributed by atoms with Gasteiger partial charge >= 0.3 is 0 Å². The minimum atomic E-state index is -0.280. The molecule has 0 unspecified atom stereocenters. The molecule has 2 N–H and O–H groups in total. The maximum atomic E-state index is 12.4. The molecule has 0 aliphatic carbocycles. The van der Waals surface area contributed by atoms with Gasteiger partial charge in [0.1, 0.15) is 5.75 Å². The average Bonchev–Trinajstić information content (AvgIpc) is 3.13. The third kappa shape index (κ3) is 5.45. The number of anilines is 2. The minimum Gasteiger partial charge on any atom is -0.496 e. The van der Waals surface area contributed by atoms with Crippen LogP contribution in [0.5, 0.6) is 5.75 Å². The molecular weight excluding hydrogens is 380 g/mol. The molecule has 1 aromatic heterocycles. The molecule has 8 heteroatoms. The van der Waals surface area contributed by atoms with Crippen molar-refractivity contribution in [3.8, 4) is 5.75 Å². The van der Waals surface area contributed by atoms with Crippen LogP contribution in [0.3, 0.4) is 0 Å². The van der Waals surface area contributed by atoms with Crippen LogP contribution in [-0.2, 0) is 11.3 Å². The third-order valence-corrected chi connectivity index (χ3v) is 5.75. The number of nitrogens with zero attached hydrogens (tertiary/aromatic N) is 2. The van der Waals surface area contributed by atoms with Gasteiger partial charge in [-0.05, 0) is 25.1 Å². The van der Waals surface area contributed by atoms with E-state index in [0.717, 1.165) is 21.3 Å². The molecule has 1 amide bonds. The largest absolute Gasteiger partial charge is 0.496 e. The molecule has 1 atom stereocenters. The Bertz CT molecular complexity index is 886. The molecule has 3 rings (SSSR count). The van der Waals surface area contributed by atoms with Crippen LogP contribution in [0.1, 0.15) is 12.5 Å². The van der Waals surface area contributed by atoms with Crippen LogP contribution < -0.4 is 15.4 Å². The van der Waals surface area contributed by atoms with Gasteiger partial charge < -0.3 is 15.4 Å². The van der Waals surface area contributed by atoms with Gasteiger partial charge in [-0.25, -0.2) is 0 Å². The first-order valence-electron chi connectivity index (χ1n) is 8.37. The van der Waals surface area contributed by atoms with E-state index in [4.69, 9.17) is 4.74 Å². The highest BCUT2D eigenvalue weighted by Gasteiger charge is 2.17. The molecule has 0 aliphatic heterocycles. The van der Waals surface area contributed by atoms with E-state index in [9.17, 15) is 4.79 Å². The van der Waals surface area contributed by atoms with Crippen molar-refractivity contribution >= 4 is 39.8 Å². The number of hydrogen-bond donors (Lipinski definition) is 2. The van der Waals surface area contributed by atoms with Crippen molar-refractivity contribution in [3.63, 3.8) is 0 Å². The summed E-state index contributed by atoms with van der Waals surface area (Å²) in [7, 11) is 1.62. The summed E-state index contributed by atoms with van der Waals surface area (Å²) < 4.78 is 6.05. The van der Waals surface area contributed by atoms with E-state index < -0.39 is 0 Å². The highest BCUT2D eigenvalue weighted by atomic mass is 32.2. The van der Waals surface area contributed by atoms with Gasteiger partial charge in [0.05, 0.1) is 12.4 Å². The van der Waals surface area contributed by atoms with Crippen molar-refractivity contribution in [2.45, 2.75) is 23.1 Å². The fourth-order valence-corrected chi connectivity index (χ4v) is 4.27. The maximum absolute atomic E-state index is 12.4. The molecule has 3 aromatic rings. The van der Waals surface area contributed by atoms with Crippen molar-refractivity contribution in [2.75, 3.05) is 12.4 Å². The molecule has 0 saturated heterocycles. The smallest absolute Gasteiger partial charge is 0.233 e. The van der Waals surface area contributed by atoms with Crippen molar-refractivity contribution in [1.29, 1.82) is 0 Å². The fourth-order valence-electron chi connectivity index (χ4n) is 2.33. The molecule has 0 spiro atoms. The van der Waals surface area contributed by atoms with Gasteiger partial charge in [-0.15, -0.1) is 10.2 Å². The van der Waals surface area contributed by atoms with Crippen LogP contribution >= 0.6 is 23.1 Å². The fraction of sp³-hybridized carbons (Fsp3) is 0.211. The summed E-state index contributed by atoms with van der Waals surface area (Å²) >= 11 is 2.81. The van der Waals surface area contributed by atoms with Crippen LogP contribution in [0.4, 0.5) is 10.8 Å². The van der Waals surface area contributed by atoms with Crippen molar-refractivity contribution in [3.05, 3.63) is 60.2 Å². The highest BCUT2D eigenvalue weighted by molar-refractivity contribution is 8.02. The van der Waals surface area contributed by atoms with Gasteiger partial charge in [-0.3, -0.25) is 4.79 Å². The van der Waals surface area contributed by atoms with E-state index in [1.165, 1.54) is 23.1 Å². The molecule has 27 heavy (non-hydrogen) atoms. The summed E-state index contributed by atoms with van der Waals surface area (Å²) in [5.41, 5.74) is 1.89. The van der Waals surface area contributed by atoms with E-state index in [1.54, 1.807) is 7.11 Å². The van der Waals surface area contributed by atoms with Gasteiger partial charge in [-0.1, -0.05) is 59.5 Å². The number of ether oxygens (including phenoxy) is 1. The number of aromatic nitrogens is 2. The molecule has 0 radical (unpaired) electrons. The number of rotatable bonds is 8. The van der Waals surface area contributed by atoms with Gasteiger partial charge in [0.15, 0.2) is 4.34 Å². The molecule has 0 saturated carbocycles. The summed E-state index contributed by atoms with van der Waals surface area (Å²) in [5.74, 6) is 0.706. The summed E-state index contributed by atoms with van der Waals surface area (Å²) in [6, 6.07) is 17.4. The second-order valence-corrected chi connectivity index (χ2v) is 8.22. The lowest BCUT2D eigenvalue weighted by atomic mass is 10.2. The standard InChI is InChI=1S/C19H20N4O2S2/c1-13(17(24)20-12-14-8-6-7-11-16(14)25-2)26-19-23-22-18(27-19)21-15-9-4-3-5-10-15/h3-11,13H,12H2,1-2H3,(H,20,24)(H,21,22)/t13-/m1/s1. The summed E-state index contributed by atoms with van der Waals surface area (Å²) in [5, 5.41) is 14.8. The minimum absolute atomic E-state index is 0.0568. The number of hydrogen-bond acceptors (Lipinski definition) is 7. The normalized spacial score (nSPS) is 11.6. The van der Waals surface area contributed by atoms with Crippen LogP contribution in [0.2, 0.25) is 0 Å². The Kier molecular flexibility index (Phi) is 6.67. The van der Waals surface area contributed by atoms with E-state index >= 15 is 0 Å². The number of methoxy groups -OCH3 is 1. The third-order valence-electron chi connectivity index (χ3n) is 3.72. The monoisotopic (exact) mass is 400 g/mol. The molecular formula is C19H20N4O2S2. The Hall–Kier alpha value is -2.58. The summed E-state index contributed by atoms with van der Waals surface area (Å²) in [4.78, 5) is 12.4. The number of carbonyl (C=O) groups excluding carboxylic acids is 1. The molecule has 6 nitrogen and oxygen atoms in total. The van der Waals surface area contributed by atoms with Crippen molar-refractivity contribution < 1.29 is 9.53 Å². The Morgan fingerprint density at radius 3 is 2.67 bits per heavy atom. The zero-order valence-electron chi connectivity index (χ0n) is 15.0. The molecule has 0 aliphatic rings. The number of amides is 1. The lowest BCUT2D eigenvalue weighted by molar-refractivity contribution is -0.120. The second kappa shape index (κ2) is 9.38. The summed E-state index contributed by atoms with van der Waals surface area (Å²) in [6.45, 7) is 2.28. The van der Waals surface area contributed by atoms with Gasteiger partial charge in [0, 0.05) is 17.8 Å². The summed E-state index contributed by atoms with van der Waals surface area (Å²) in [6.07, 6.45) is 0. The van der Waals surface area contributed by atoms with E-state index in [-0.39, 0.29) is 11.2 Å². The molecule has 140 valence electrons. The van der Waals surface area contributed by atoms with Gasteiger partial charge in [-0.2, -0.15) is 0 Å². The Labute approximate surface area is 166 Å². The molecule has 0 bridgehead atoms. The average molecular weight is 401 g/mol. The number of nitrogens with one attached hydrogen (secondary N) is 2. The quantitative estimate of drug-likeness (QED) is 0.555. The van der Waals surface area contributed by atoms with Crippen LogP contribution in [0.25, 0.3) is 0 Å². The van der Waals surface area contributed by atoms with Crippen LogP contribution in [0.15, 0.2) is 58.9 Å². The van der Waals surface area contributed by atoms with Crippen LogP contribution in [-0.4, -0.2) is 28.5 Å². The second-order valence-electron chi connectivity index (χ2n) is 5.65. The predicted octanol–water partition coefficient (Wildman–Crippen LogP) is 4.09. The van der Waals surface area contributed by atoms with Crippen molar-refractivity contribution in [2.24, 2.45) is 0 Å². The zero-order valence-corrected chi connectivity index (χ0v) is 16.6. The number of carbonyl (C=O) groups is 1. The number of para-hydroxylation sites is 2. The first-order valence-corrected chi connectivity index (χ1v) is 10.1. The highest BCUT2D eigenvalue weighted by Crippen LogP contribution is 2.30. The van der Waals surface area contributed by atoms with Crippen LogP contribution in [0, 0.1) is 0 Å². The Morgan fingerprint density at radius 1 is 1.15 bits per heavy atom. The van der Waals surface area contributed by atoms with Crippen molar-refractivity contribution in [1.82, 2.24) is 15.5 Å². The molecule has 0 fully saturated rings. The van der Waals surface area contributed by atoms with E-state index in [0.29, 0.717) is 11.7 Å². The SMILES string of the molecule is COc1ccccc1CNC(=O)[C@@H](C)Sc1nnc(Nc2ccccc2)s1. The lowest BCUT2D eigenvalue weighted by Crippen LogP contribution is -2.30. The van der Waals surface area contributed by atoms with Gasteiger partial charge in [0.2, 0.25) is 11.0 Å². The van der Waals surface area contributed by atoms with E-state index in [2.05, 4.69) is 20.8 Å². The Balaban J connectivity index is 1.52. The van der Waals surface area contributed by atoms with Gasteiger partial charge in [0.25, 0.3) is 0 Å². The maximum Gasteiger partial charge on any atom is 0.233 e. The van der Waals surface area contributed by atoms with E-state index in [1.807, 2.05) is 61.5 Å². The number of thioether (sulfide) groups is 1. The Morgan fingerprint density at radius 2 is 1.89 bits per heavy atom.